The van der Waals surface area contributed by atoms with Gasteiger partial charge in [0.1, 0.15) is 32.5 Å². The number of aliphatic hydroxyl groups is 1. The van der Waals surface area contributed by atoms with Gasteiger partial charge >= 0.3 is 23.9 Å². The molecule has 20 nitrogen and oxygen atoms in total. The smallest absolute Gasteiger partial charge is 0.305 e. The largest absolute Gasteiger partial charge is 0.464 e. The normalized spacial score (nSPS) is 12.1. The van der Waals surface area contributed by atoms with Crippen LogP contribution in [0.5, 0.6) is 0 Å². The number of amides is 5. The molecule has 0 rings (SSSR count). The Morgan fingerprint density at radius 2 is 0.569 bits per heavy atom. The predicted molar refractivity (Wildman–Crippen MR) is 473 cm³/mol. The van der Waals surface area contributed by atoms with E-state index in [1.807, 2.05) is 0 Å². The summed E-state index contributed by atoms with van der Waals surface area (Å²) in [6, 6.07) is -1.31. The number of esters is 4. The maximum Gasteiger partial charge on any atom is 0.305 e. The van der Waals surface area contributed by atoms with E-state index < -0.39 is 35.6 Å². The molecule has 116 heavy (non-hydrogen) atoms. The lowest BCUT2D eigenvalue weighted by Crippen LogP contribution is -2.53. The highest BCUT2D eigenvalue weighted by molar-refractivity contribution is 5.90. The van der Waals surface area contributed by atoms with Crippen LogP contribution in [0.25, 0.3) is 0 Å². The Bertz CT molecular complexity index is 2540. The second kappa shape index (κ2) is 87.4. The summed E-state index contributed by atoms with van der Waals surface area (Å²) in [6.45, 7) is 8.42. The van der Waals surface area contributed by atoms with Gasteiger partial charge in [0.05, 0.1) is 39.4 Å². The zero-order valence-corrected chi connectivity index (χ0v) is 73.5. The maximum atomic E-state index is 14.0. The minimum absolute atomic E-state index is 0.00567. The zero-order valence-electron chi connectivity index (χ0n) is 73.5. The predicted octanol–water partition coefficient (Wildman–Crippen LogP) is 20.7. The fraction of sp³-hybridized carbons (Fsp3) is 0.740. The molecular weight excluding hydrogens is 1460 g/mol. The van der Waals surface area contributed by atoms with Crippen LogP contribution in [0.4, 0.5) is 0 Å². The minimum atomic E-state index is -1.31. The molecule has 4 N–H and O–H groups in total. The molecule has 1 atom stereocenters. The molecule has 0 saturated heterocycles. The van der Waals surface area contributed by atoms with Crippen molar-refractivity contribution in [3.63, 3.8) is 0 Å². The Morgan fingerprint density at radius 1 is 0.293 bits per heavy atom. The maximum absolute atomic E-state index is 14.0. The van der Waals surface area contributed by atoms with Crippen molar-refractivity contribution in [2.75, 3.05) is 85.5 Å². The Kier molecular flexibility index (Phi) is 82.2. The number of nitrogens with one attached hydrogen (secondary N) is 3. The van der Waals surface area contributed by atoms with Crippen LogP contribution in [0.1, 0.15) is 368 Å². The second-order valence-corrected chi connectivity index (χ2v) is 30.5. The van der Waals surface area contributed by atoms with Crippen LogP contribution in [0, 0.1) is 0 Å². The standard InChI is InChI=1S/C96H165N5O15/c1-5-9-13-17-21-25-29-33-37-41-45-49-53-57-61-66-92(107)113-81-75-100(76-82-114-93(108)67-62-58-54-50-46-42-38-34-30-26-22-18-14-10-6-2)90(105)72-70-88(103)98-86-87(96(111)97-74-65-80-112-85-79-102)99-89(104)71-73-91(106)101(77-83-115-94(109)68-63-59-55-51-47-43-39-35-31-27-23-19-15-11-7-3)78-84-116-95(110)69-64-60-56-52-48-44-40-36-32-28-24-20-16-12-8-4/h21-28,33-40,87,102H,5-20,29-32,41-86H2,1-4H3,(H,97,111)(H,98,103)(H,99,104)/b25-21-,26-22-,27-23-,28-24-,37-33-,38-34-,39-35-,40-36-/t87-/m0/s1. The van der Waals surface area contributed by atoms with Crippen LogP contribution in [0.15, 0.2) is 97.2 Å². The van der Waals surface area contributed by atoms with Crippen molar-refractivity contribution < 1.29 is 71.9 Å². The molecule has 0 aliphatic heterocycles. The van der Waals surface area contributed by atoms with Gasteiger partial charge in [0.2, 0.25) is 29.5 Å². The Hall–Kier alpha value is -6.93. The van der Waals surface area contributed by atoms with Crippen molar-refractivity contribution in [1.29, 1.82) is 0 Å². The van der Waals surface area contributed by atoms with E-state index in [2.05, 4.69) is 141 Å². The molecule has 0 fully saturated rings. The Balaban J connectivity index is 5.89. The van der Waals surface area contributed by atoms with E-state index in [0.717, 1.165) is 180 Å². The molecule has 664 valence electrons. The summed E-state index contributed by atoms with van der Waals surface area (Å²) < 4.78 is 27.7. The van der Waals surface area contributed by atoms with Gasteiger partial charge in [-0.3, -0.25) is 43.2 Å². The van der Waals surface area contributed by atoms with Gasteiger partial charge in [0.15, 0.2) is 0 Å². The molecule has 5 amide bonds. The number of unbranched alkanes of at least 4 members (excludes halogenated alkanes) is 32. The third kappa shape index (κ3) is 78.3. The molecule has 0 aliphatic carbocycles. The monoisotopic (exact) mass is 1630 g/mol. The lowest BCUT2D eigenvalue weighted by Gasteiger charge is -2.23. The molecular formula is C96H165N5O15. The van der Waals surface area contributed by atoms with Crippen molar-refractivity contribution in [1.82, 2.24) is 25.8 Å². The van der Waals surface area contributed by atoms with Gasteiger partial charge in [0.25, 0.3) is 0 Å². The summed E-state index contributed by atoms with van der Waals surface area (Å²) in [6.07, 6.45) is 82.4. The van der Waals surface area contributed by atoms with E-state index in [0.29, 0.717) is 32.1 Å². The van der Waals surface area contributed by atoms with Crippen molar-refractivity contribution in [2.24, 2.45) is 0 Å². The Morgan fingerprint density at radius 3 is 0.862 bits per heavy atom. The van der Waals surface area contributed by atoms with Gasteiger partial charge in [0, 0.05) is 71.1 Å². The molecule has 0 heterocycles. The highest BCUT2D eigenvalue weighted by Crippen LogP contribution is 2.15. The number of nitrogens with zero attached hydrogens (tertiary/aromatic N) is 2. The first-order valence-corrected chi connectivity index (χ1v) is 46.2. The zero-order chi connectivity index (χ0) is 84.6. The Labute approximate surface area is 704 Å². The highest BCUT2D eigenvalue weighted by atomic mass is 16.5. The molecule has 0 saturated carbocycles. The first-order chi connectivity index (χ1) is 56.8. The van der Waals surface area contributed by atoms with Gasteiger partial charge in [-0.15, -0.1) is 0 Å². The second-order valence-electron chi connectivity index (χ2n) is 30.5. The van der Waals surface area contributed by atoms with E-state index in [-0.39, 0.29) is 161 Å². The van der Waals surface area contributed by atoms with E-state index >= 15 is 0 Å². The quantitative estimate of drug-likeness (QED) is 0.0191. The number of hydrogen-bond donors (Lipinski definition) is 4. The first kappa shape index (κ1) is 109. The van der Waals surface area contributed by atoms with Crippen LogP contribution in [0.3, 0.4) is 0 Å². The van der Waals surface area contributed by atoms with Gasteiger partial charge in [-0.2, -0.15) is 0 Å². The van der Waals surface area contributed by atoms with Crippen molar-refractivity contribution in [3.8, 4) is 0 Å². The van der Waals surface area contributed by atoms with Crippen LogP contribution in [0.2, 0.25) is 0 Å². The summed E-state index contributed by atoms with van der Waals surface area (Å²) in [5.41, 5.74) is 0. The van der Waals surface area contributed by atoms with Crippen molar-refractivity contribution >= 4 is 53.4 Å². The molecule has 0 aromatic carbocycles. The van der Waals surface area contributed by atoms with Gasteiger partial charge in [-0.05, 0) is 161 Å². The van der Waals surface area contributed by atoms with Gasteiger partial charge in [-0.1, -0.05) is 253 Å². The number of ether oxygens (including phenoxy) is 5. The number of carbonyl (C=O) groups is 9. The summed E-state index contributed by atoms with van der Waals surface area (Å²) in [5, 5.41) is 17.2. The van der Waals surface area contributed by atoms with Crippen LogP contribution >= 0.6 is 0 Å². The number of aliphatic hydroxyl groups excluding tert-OH is 1. The van der Waals surface area contributed by atoms with E-state index in [1.54, 1.807) is 0 Å². The molecule has 0 bridgehead atoms. The number of hydrogen-bond acceptors (Lipinski definition) is 15. The SMILES string of the molecule is CCCCC/C=C\C/C=C\CCCCCCCC(=O)OCCN(CCOC(=O)CCCCCCC/C=C\C/C=C\CCCCC)C(=O)CCC(=O)NC[C@H](NC(=O)CCC(=O)N(CCOC(=O)CCCCCCC/C=C\C/C=C\CCCCC)CCOC(=O)CCCCCCC/C=C\C/C=C\CCCCC)C(=O)NCCCOCCO. The summed E-state index contributed by atoms with van der Waals surface area (Å²) >= 11 is 0. The fourth-order valence-corrected chi connectivity index (χ4v) is 12.6. The van der Waals surface area contributed by atoms with E-state index in [4.69, 9.17) is 28.8 Å². The van der Waals surface area contributed by atoms with Crippen LogP contribution in [-0.2, 0) is 66.8 Å². The molecule has 0 aromatic rings. The molecule has 0 aromatic heterocycles. The van der Waals surface area contributed by atoms with Gasteiger partial charge in [-0.25, -0.2) is 0 Å². The third-order valence-electron chi connectivity index (χ3n) is 19.8. The van der Waals surface area contributed by atoms with E-state index in [9.17, 15) is 43.2 Å². The van der Waals surface area contributed by atoms with Gasteiger partial charge < -0.3 is 54.5 Å². The number of carbonyl (C=O) groups excluding carboxylic acids is 9. The summed E-state index contributed by atoms with van der Waals surface area (Å²) in [5.74, 6) is -4.32. The molecule has 0 unspecified atom stereocenters. The number of rotatable bonds is 84. The summed E-state index contributed by atoms with van der Waals surface area (Å²) in [4.78, 5) is 123. The molecule has 0 spiro atoms. The molecule has 0 radical (unpaired) electrons. The number of allylic oxidation sites excluding steroid dienone is 16. The molecule has 0 aliphatic rings. The van der Waals surface area contributed by atoms with Crippen molar-refractivity contribution in [3.05, 3.63) is 97.2 Å². The lowest BCUT2D eigenvalue weighted by molar-refractivity contribution is -0.148. The molecule has 20 heteroatoms. The fourth-order valence-electron chi connectivity index (χ4n) is 12.6. The third-order valence-corrected chi connectivity index (χ3v) is 19.8. The average Bonchev–Trinajstić information content (AvgIpc) is 0.898. The minimum Gasteiger partial charge on any atom is -0.464 e. The topological polar surface area (TPSA) is 263 Å². The van der Waals surface area contributed by atoms with Crippen LogP contribution < -0.4 is 16.0 Å². The average molecular weight is 1630 g/mol. The highest BCUT2D eigenvalue weighted by Gasteiger charge is 2.25. The summed E-state index contributed by atoms with van der Waals surface area (Å²) in [7, 11) is 0. The lowest BCUT2D eigenvalue weighted by atomic mass is 10.1. The van der Waals surface area contributed by atoms with Crippen LogP contribution in [-0.4, -0.2) is 160 Å². The first-order valence-electron chi connectivity index (χ1n) is 46.2. The van der Waals surface area contributed by atoms with Crippen molar-refractivity contribution in [2.45, 2.75) is 374 Å². The van der Waals surface area contributed by atoms with E-state index in [1.165, 1.54) is 86.8 Å².